The molecule has 8 atom stereocenters. The molecule has 0 heterocycles. The van der Waals surface area contributed by atoms with Crippen LogP contribution in [0.3, 0.4) is 0 Å². The maximum Gasteiger partial charge on any atom is 0.490 e. The monoisotopic (exact) mass is 964 g/mol. The second-order valence-corrected chi connectivity index (χ2v) is 17.8. The normalized spacial score (nSPS) is 15.0. The van der Waals surface area contributed by atoms with Gasteiger partial charge in [0.05, 0.1) is 12.1 Å². The molecule has 0 spiro atoms. The lowest BCUT2D eigenvalue weighted by Crippen LogP contribution is -2.57. The molecule has 0 saturated heterocycles. The van der Waals surface area contributed by atoms with Crippen molar-refractivity contribution in [3.05, 3.63) is 35.9 Å². The predicted octanol–water partition coefficient (Wildman–Crippen LogP) is 2.24. The van der Waals surface area contributed by atoms with E-state index in [2.05, 4.69) is 31.9 Å². The average Bonchev–Trinajstić information content (AvgIpc) is 3.20. The minimum absolute atomic E-state index is 0.00436. The number of carboxylic acid groups (broad SMARTS) is 3. The molecule has 0 radical (unpaired) electrons. The smallest absolute Gasteiger partial charge is 0.481 e. The van der Waals surface area contributed by atoms with Gasteiger partial charge in [-0.15, -0.1) is 0 Å². The van der Waals surface area contributed by atoms with Crippen LogP contribution in [0.4, 0.5) is 13.2 Å². The van der Waals surface area contributed by atoms with Crippen LogP contribution in [0.5, 0.6) is 0 Å². The first-order valence-corrected chi connectivity index (χ1v) is 22.7. The first-order valence-electron chi connectivity index (χ1n) is 21.3. The van der Waals surface area contributed by atoms with E-state index in [1.54, 1.807) is 58.0 Å². The van der Waals surface area contributed by atoms with E-state index in [0.717, 1.165) is 0 Å². The number of thioether (sulfide) groups is 1. The maximum atomic E-state index is 13.7. The zero-order valence-corrected chi connectivity index (χ0v) is 39.5. The molecule has 1 aromatic rings. The minimum Gasteiger partial charge on any atom is -0.481 e. The van der Waals surface area contributed by atoms with Gasteiger partial charge in [0.1, 0.15) is 30.2 Å². The number of aliphatic hydroxyl groups is 1. The van der Waals surface area contributed by atoms with Gasteiger partial charge in [0.15, 0.2) is 0 Å². The molecule has 0 aliphatic carbocycles. The number of hydrogen-bond acceptors (Lipinski definition) is 11. The first-order chi connectivity index (χ1) is 30.5. The fraction of sp³-hybridized carbons (Fsp3) is 0.651. The predicted molar refractivity (Wildman–Crippen MR) is 238 cm³/mol. The summed E-state index contributed by atoms with van der Waals surface area (Å²) in [6, 6.07) is 1.82. The van der Waals surface area contributed by atoms with E-state index in [9.17, 15) is 66.8 Å². The van der Waals surface area contributed by atoms with Crippen molar-refractivity contribution in [1.29, 1.82) is 0 Å². The number of halogens is 3. The third kappa shape index (κ3) is 24.2. The fourth-order valence-corrected chi connectivity index (χ4v) is 6.74. The molecule has 23 heteroatoms. The van der Waals surface area contributed by atoms with Crippen molar-refractivity contribution in [3.63, 3.8) is 0 Å². The average molecular weight is 965 g/mol. The topological polar surface area (TPSA) is 307 Å². The number of amides is 6. The van der Waals surface area contributed by atoms with Gasteiger partial charge in [-0.2, -0.15) is 24.9 Å². The summed E-state index contributed by atoms with van der Waals surface area (Å²) in [6.45, 7) is 13.5. The van der Waals surface area contributed by atoms with Gasteiger partial charge in [-0.3, -0.25) is 33.6 Å². The molecule has 0 saturated carbocycles. The molecular formula is C43H67F3N6O13S. The largest absolute Gasteiger partial charge is 0.490 e. The van der Waals surface area contributed by atoms with Crippen molar-refractivity contribution >= 4 is 65.1 Å². The quantitative estimate of drug-likeness (QED) is 0.0605. The Hall–Kier alpha value is -5.45. The molecule has 0 aliphatic rings. The third-order valence-corrected chi connectivity index (χ3v) is 10.5. The highest BCUT2D eigenvalue weighted by atomic mass is 32.2. The van der Waals surface area contributed by atoms with Gasteiger partial charge in [0.2, 0.25) is 35.4 Å². The lowest BCUT2D eigenvalue weighted by atomic mass is 9.85. The Morgan fingerprint density at radius 3 is 1.62 bits per heavy atom. The molecule has 10 N–H and O–H groups in total. The van der Waals surface area contributed by atoms with Gasteiger partial charge >= 0.3 is 24.1 Å². The van der Waals surface area contributed by atoms with Crippen molar-refractivity contribution in [3.8, 4) is 0 Å². The second-order valence-electron chi connectivity index (χ2n) is 16.8. The highest BCUT2D eigenvalue weighted by Gasteiger charge is 2.38. The fourth-order valence-electron chi connectivity index (χ4n) is 6.27. The summed E-state index contributed by atoms with van der Waals surface area (Å²) in [5.74, 6) is -10.0. The Labute approximate surface area is 386 Å². The summed E-state index contributed by atoms with van der Waals surface area (Å²) in [5, 5.41) is 53.4. The number of benzene rings is 1. The van der Waals surface area contributed by atoms with Crippen molar-refractivity contribution in [2.45, 2.75) is 142 Å². The van der Waals surface area contributed by atoms with E-state index in [1.807, 2.05) is 20.1 Å². The van der Waals surface area contributed by atoms with Crippen molar-refractivity contribution in [2.75, 3.05) is 12.0 Å². The van der Waals surface area contributed by atoms with E-state index < -0.39 is 114 Å². The molecule has 6 amide bonds. The van der Waals surface area contributed by atoms with Crippen LogP contribution in [0.25, 0.3) is 0 Å². The van der Waals surface area contributed by atoms with Crippen molar-refractivity contribution in [2.24, 2.45) is 23.7 Å². The van der Waals surface area contributed by atoms with Gasteiger partial charge in [-0.05, 0) is 67.9 Å². The highest BCUT2D eigenvalue weighted by molar-refractivity contribution is 7.98. The van der Waals surface area contributed by atoms with Crippen molar-refractivity contribution < 1.29 is 76.7 Å². The summed E-state index contributed by atoms with van der Waals surface area (Å²) >= 11 is 1.48. The van der Waals surface area contributed by atoms with E-state index in [1.165, 1.54) is 25.6 Å². The van der Waals surface area contributed by atoms with Gasteiger partial charge in [0, 0.05) is 25.7 Å². The Balaban J connectivity index is 0.00000554. The van der Waals surface area contributed by atoms with E-state index in [-0.39, 0.29) is 43.4 Å². The molecule has 66 heavy (non-hydrogen) atoms. The molecular weight excluding hydrogens is 898 g/mol. The maximum absolute atomic E-state index is 13.7. The molecule has 0 aromatic heterocycles. The minimum atomic E-state index is -5.08. The zero-order chi connectivity index (χ0) is 51.1. The Bertz CT molecular complexity index is 1770. The molecule has 374 valence electrons. The number of alkyl halides is 3. The number of nitrogens with one attached hydrogen (secondary N) is 6. The number of hydrogen-bond donors (Lipinski definition) is 10. The van der Waals surface area contributed by atoms with Gasteiger partial charge in [-0.25, -0.2) is 9.59 Å². The van der Waals surface area contributed by atoms with Crippen LogP contribution in [0.1, 0.15) is 93.1 Å². The number of carbonyl (C=O) groups is 9. The zero-order valence-electron chi connectivity index (χ0n) is 38.7. The summed E-state index contributed by atoms with van der Waals surface area (Å²) in [7, 11) is 0. The van der Waals surface area contributed by atoms with Crippen LogP contribution in [0, 0.1) is 23.7 Å². The molecule has 0 unspecified atom stereocenters. The van der Waals surface area contributed by atoms with E-state index in [4.69, 9.17) is 9.90 Å². The van der Waals surface area contributed by atoms with Crippen LogP contribution in [-0.4, -0.2) is 134 Å². The number of aliphatic hydroxyl groups excluding tert-OH is 1. The lowest BCUT2D eigenvalue weighted by Gasteiger charge is -2.32. The third-order valence-electron chi connectivity index (χ3n) is 9.88. The standard InChI is InChI=1S/C41H66N6O11S.C2HF3O2/c1-22(2)19-31(46-39(55)30(17-18-59-9)45-40(56)35(24(5)6)43-26(8)48)33(49)21-28(23(3)4)37(53)42-25(7)36(52)44-29(15-16-34(50)51)38(54)47-32(41(57)58)20-27-13-11-10-12-14-27;3-2(4,5)1(6)7/h10-14,22-25,28-33,35,49H,15-21H2,1-9H3,(H,42,53)(H,43,48)(H,44,52)(H,45,56)(H,46,55)(H,47,54)(H,50,51)(H,57,58);(H,6,7)/t25-,28-,29-,30-,31-,32-,33-,35-;/m0./s1. The lowest BCUT2D eigenvalue weighted by molar-refractivity contribution is -0.192. The van der Waals surface area contributed by atoms with Crippen LogP contribution in [0.15, 0.2) is 30.3 Å². The number of rotatable bonds is 27. The Morgan fingerprint density at radius 1 is 0.652 bits per heavy atom. The molecule has 0 bridgehead atoms. The second kappa shape index (κ2) is 30.0. The number of carboxylic acids is 3. The van der Waals surface area contributed by atoms with E-state index in [0.29, 0.717) is 17.7 Å². The summed E-state index contributed by atoms with van der Waals surface area (Å²) in [4.78, 5) is 111. The summed E-state index contributed by atoms with van der Waals surface area (Å²) < 4.78 is 31.7. The molecule has 1 aromatic carbocycles. The van der Waals surface area contributed by atoms with Gasteiger partial charge < -0.3 is 52.3 Å². The first kappa shape index (κ1) is 60.5. The van der Waals surface area contributed by atoms with Crippen LogP contribution < -0.4 is 31.9 Å². The summed E-state index contributed by atoms with van der Waals surface area (Å²) in [6.07, 6.45) is -4.90. The molecule has 19 nitrogen and oxygen atoms in total. The van der Waals surface area contributed by atoms with Gasteiger partial charge in [0.25, 0.3) is 0 Å². The van der Waals surface area contributed by atoms with Crippen LogP contribution in [0.2, 0.25) is 0 Å². The Morgan fingerprint density at radius 2 is 1.17 bits per heavy atom. The van der Waals surface area contributed by atoms with Crippen LogP contribution >= 0.6 is 11.8 Å². The molecule has 1 rings (SSSR count). The van der Waals surface area contributed by atoms with Gasteiger partial charge in [-0.1, -0.05) is 71.9 Å². The number of aliphatic carboxylic acids is 3. The SMILES string of the molecule is CSCC[C@H](NC(=O)[C@@H](NC(C)=O)C(C)C)C(=O)N[C@@H](CC(C)C)[C@@H](O)C[C@H](C(=O)N[C@@H](C)C(=O)N[C@@H](CCC(=O)O)C(=O)N[C@@H](Cc1ccccc1)C(=O)O)C(C)C.O=C(O)C(F)(F)F. The molecule has 0 aliphatic heterocycles. The highest BCUT2D eigenvalue weighted by Crippen LogP contribution is 2.22. The van der Waals surface area contributed by atoms with E-state index >= 15 is 0 Å². The Kier molecular flexibility index (Phi) is 27.5. The summed E-state index contributed by atoms with van der Waals surface area (Å²) in [5.41, 5.74) is 0.629. The molecule has 0 fully saturated rings. The van der Waals surface area contributed by atoms with Crippen LogP contribution in [-0.2, 0) is 49.6 Å². The number of carbonyl (C=O) groups excluding carboxylic acids is 6. The van der Waals surface area contributed by atoms with Crippen molar-refractivity contribution in [1.82, 2.24) is 31.9 Å².